The van der Waals surface area contributed by atoms with Gasteiger partial charge >= 0.3 is 5.69 Å². The summed E-state index contributed by atoms with van der Waals surface area (Å²) in [5.41, 5.74) is 2.12. The standard InChI is InChI=1S/C18H19N5O4/c1-21(2)7-8-22-13-5-6-14(23(26)27)17-15(13)16(20-18(22)25)11-9-10(24)3-4-12(11)19-17/h3-6,9,19,24,26-27H,7-8H2,1-2H3/p-1. The zero-order valence-corrected chi connectivity index (χ0v) is 14.8. The van der Waals surface area contributed by atoms with Crippen molar-refractivity contribution < 1.29 is 15.5 Å². The van der Waals surface area contributed by atoms with Crippen LogP contribution in [0.2, 0.25) is 0 Å². The van der Waals surface area contributed by atoms with Crippen LogP contribution in [-0.4, -0.2) is 45.5 Å². The molecule has 0 saturated carbocycles. The number of hydrogen-bond donors (Lipinski definition) is 3. The Morgan fingerprint density at radius 2 is 2.00 bits per heavy atom. The van der Waals surface area contributed by atoms with Crippen molar-refractivity contribution in [2.75, 3.05) is 31.2 Å². The zero-order valence-electron chi connectivity index (χ0n) is 14.8. The van der Waals surface area contributed by atoms with Gasteiger partial charge in [0.15, 0.2) is 0 Å². The maximum absolute atomic E-state index is 12.7. The minimum Gasteiger partial charge on any atom is -0.872 e. The topological polar surface area (TPSA) is 117 Å². The maximum atomic E-state index is 12.7. The summed E-state index contributed by atoms with van der Waals surface area (Å²) in [6, 6.07) is 7.54. The Kier molecular flexibility index (Phi) is 3.99. The van der Waals surface area contributed by atoms with Crippen LogP contribution in [0.4, 0.5) is 17.1 Å². The van der Waals surface area contributed by atoms with Gasteiger partial charge in [0.2, 0.25) is 0 Å². The molecule has 0 unspecified atom stereocenters. The van der Waals surface area contributed by atoms with Crippen molar-refractivity contribution in [3.63, 3.8) is 0 Å². The molecule has 4 rings (SSSR count). The van der Waals surface area contributed by atoms with Crippen LogP contribution in [-0.2, 0) is 6.54 Å². The molecule has 0 spiro atoms. The van der Waals surface area contributed by atoms with E-state index in [-0.39, 0.29) is 16.7 Å². The van der Waals surface area contributed by atoms with Gasteiger partial charge < -0.3 is 15.3 Å². The first-order chi connectivity index (χ1) is 12.9. The number of aromatic nitrogens is 2. The quantitative estimate of drug-likeness (QED) is 0.462. The average Bonchev–Trinajstić information content (AvgIpc) is 2.61. The first kappa shape index (κ1) is 17.3. The highest BCUT2D eigenvalue weighted by Crippen LogP contribution is 2.46. The van der Waals surface area contributed by atoms with Gasteiger partial charge in [0, 0.05) is 24.3 Å². The number of rotatable bonds is 4. The lowest BCUT2D eigenvalue weighted by molar-refractivity contribution is -0.268. The number of nitrogens with one attached hydrogen (secondary N) is 1. The summed E-state index contributed by atoms with van der Waals surface area (Å²) < 4.78 is 1.54. The Balaban J connectivity index is 2.07. The van der Waals surface area contributed by atoms with E-state index in [0.29, 0.717) is 46.6 Å². The molecule has 3 aromatic rings. The number of hydrogen-bond acceptors (Lipinski definition) is 8. The molecule has 0 bridgehead atoms. The molecule has 0 saturated heterocycles. The Labute approximate surface area is 154 Å². The molecule has 9 heteroatoms. The Morgan fingerprint density at radius 3 is 2.70 bits per heavy atom. The molecule has 140 valence electrons. The lowest BCUT2D eigenvalue weighted by atomic mass is 9.97. The fourth-order valence-electron chi connectivity index (χ4n) is 3.33. The van der Waals surface area contributed by atoms with Gasteiger partial charge in [-0.2, -0.15) is 4.98 Å². The van der Waals surface area contributed by atoms with Gasteiger partial charge in [-0.15, -0.1) is 11.0 Å². The molecule has 2 aromatic carbocycles. The van der Waals surface area contributed by atoms with E-state index in [1.54, 1.807) is 16.7 Å². The maximum Gasteiger partial charge on any atom is 0.348 e. The molecule has 1 aliphatic rings. The fraction of sp³-hybridized carbons (Fsp3) is 0.222. The summed E-state index contributed by atoms with van der Waals surface area (Å²) in [7, 11) is 3.81. The molecule has 0 aliphatic carbocycles. The smallest absolute Gasteiger partial charge is 0.348 e. The van der Waals surface area contributed by atoms with E-state index in [2.05, 4.69) is 10.3 Å². The van der Waals surface area contributed by atoms with Crippen LogP contribution >= 0.6 is 0 Å². The van der Waals surface area contributed by atoms with E-state index in [9.17, 15) is 20.3 Å². The van der Waals surface area contributed by atoms with E-state index < -0.39 is 5.69 Å². The Bertz CT molecular complexity index is 1110. The lowest BCUT2D eigenvalue weighted by Crippen LogP contribution is -2.30. The molecule has 2 heterocycles. The third-order valence-electron chi connectivity index (χ3n) is 4.62. The third kappa shape index (κ3) is 2.78. The minimum absolute atomic E-state index is 0.0216. The first-order valence-corrected chi connectivity index (χ1v) is 8.35. The predicted octanol–water partition coefficient (Wildman–Crippen LogP) is 1.34. The molecule has 1 aliphatic heterocycles. The largest absolute Gasteiger partial charge is 0.872 e. The Morgan fingerprint density at radius 1 is 1.22 bits per heavy atom. The van der Waals surface area contributed by atoms with Gasteiger partial charge in [0.25, 0.3) is 0 Å². The summed E-state index contributed by atoms with van der Waals surface area (Å²) in [5.74, 6) is -0.201. The second-order valence-corrected chi connectivity index (χ2v) is 6.67. The van der Waals surface area contributed by atoms with Crippen molar-refractivity contribution in [1.29, 1.82) is 0 Å². The first-order valence-electron chi connectivity index (χ1n) is 8.35. The molecule has 9 nitrogen and oxygen atoms in total. The van der Waals surface area contributed by atoms with Crippen molar-refractivity contribution in [3.05, 3.63) is 40.8 Å². The van der Waals surface area contributed by atoms with Gasteiger partial charge in [-0.25, -0.2) is 4.79 Å². The Hall–Kier alpha value is -3.14. The molecular weight excluding hydrogens is 350 g/mol. The number of nitrogens with zero attached hydrogens (tertiary/aromatic N) is 4. The van der Waals surface area contributed by atoms with Crippen LogP contribution in [0.5, 0.6) is 5.75 Å². The average molecular weight is 368 g/mol. The summed E-state index contributed by atoms with van der Waals surface area (Å²) >= 11 is 0. The van der Waals surface area contributed by atoms with Gasteiger partial charge in [0.1, 0.15) is 5.69 Å². The normalized spacial score (nSPS) is 12.2. The molecule has 1 aromatic heterocycles. The second-order valence-electron chi connectivity index (χ2n) is 6.67. The van der Waals surface area contributed by atoms with Crippen LogP contribution in [0.15, 0.2) is 35.1 Å². The third-order valence-corrected chi connectivity index (χ3v) is 4.62. The van der Waals surface area contributed by atoms with E-state index >= 15 is 0 Å². The number of benzene rings is 2. The second kappa shape index (κ2) is 6.23. The lowest BCUT2D eigenvalue weighted by Gasteiger charge is -2.27. The van der Waals surface area contributed by atoms with E-state index in [4.69, 9.17) is 0 Å². The molecule has 0 amide bonds. The number of fused-ring (bicyclic) bond motifs is 2. The SMILES string of the molecule is CN(C)CCn1c(=O)nc2c3c(c(N(O)O)ccc31)Nc1ccc([O-])cc1-2. The zero-order chi connectivity index (χ0) is 19.3. The molecular formula is C18H18N5O4-. The summed E-state index contributed by atoms with van der Waals surface area (Å²) in [5, 5.41) is 34.8. The highest BCUT2D eigenvalue weighted by molar-refractivity contribution is 6.12. The molecule has 0 fully saturated rings. The van der Waals surface area contributed by atoms with Crippen molar-refractivity contribution >= 4 is 28.0 Å². The molecule has 27 heavy (non-hydrogen) atoms. The van der Waals surface area contributed by atoms with Gasteiger partial charge in [0.05, 0.1) is 22.3 Å². The van der Waals surface area contributed by atoms with Crippen molar-refractivity contribution in [2.45, 2.75) is 6.54 Å². The van der Waals surface area contributed by atoms with E-state index in [1.807, 2.05) is 19.0 Å². The monoisotopic (exact) mass is 368 g/mol. The highest BCUT2D eigenvalue weighted by Gasteiger charge is 2.25. The van der Waals surface area contributed by atoms with Gasteiger partial charge in [-0.05, 0) is 32.3 Å². The van der Waals surface area contributed by atoms with Crippen molar-refractivity contribution in [1.82, 2.24) is 14.5 Å². The van der Waals surface area contributed by atoms with Crippen molar-refractivity contribution in [2.24, 2.45) is 0 Å². The van der Waals surface area contributed by atoms with Crippen LogP contribution in [0.3, 0.4) is 0 Å². The van der Waals surface area contributed by atoms with Gasteiger partial charge in [-0.3, -0.25) is 15.0 Å². The summed E-state index contributed by atoms with van der Waals surface area (Å²) in [4.78, 5) is 18.9. The fourth-order valence-corrected chi connectivity index (χ4v) is 3.33. The predicted molar refractivity (Wildman–Crippen MR) is 98.8 cm³/mol. The summed E-state index contributed by atoms with van der Waals surface area (Å²) in [6.07, 6.45) is 0. The summed E-state index contributed by atoms with van der Waals surface area (Å²) in [6.45, 7) is 1.05. The number of anilines is 3. The highest BCUT2D eigenvalue weighted by atomic mass is 16.8. The molecule has 3 N–H and O–H groups in total. The minimum atomic E-state index is -0.424. The van der Waals surface area contributed by atoms with Crippen LogP contribution in [0.25, 0.3) is 22.2 Å². The van der Waals surface area contributed by atoms with Crippen LogP contribution in [0.1, 0.15) is 0 Å². The van der Waals surface area contributed by atoms with Crippen LogP contribution < -0.4 is 21.3 Å². The van der Waals surface area contributed by atoms with E-state index in [1.165, 1.54) is 18.2 Å². The van der Waals surface area contributed by atoms with Crippen LogP contribution in [0, 0.1) is 0 Å². The van der Waals surface area contributed by atoms with Gasteiger partial charge in [-0.1, -0.05) is 12.1 Å². The van der Waals surface area contributed by atoms with Crippen molar-refractivity contribution in [3.8, 4) is 17.0 Å². The molecule has 0 atom stereocenters. The van der Waals surface area contributed by atoms with E-state index in [0.717, 1.165) is 0 Å². The molecule has 0 radical (unpaired) electrons. The number of likely N-dealkylation sites (N-methyl/N-ethyl adjacent to an activating group) is 1.